The van der Waals surface area contributed by atoms with Crippen LogP contribution in [0.1, 0.15) is 15.9 Å². The van der Waals surface area contributed by atoms with Crippen LogP contribution < -0.4 is 10.9 Å². The van der Waals surface area contributed by atoms with Crippen LogP contribution in [0.25, 0.3) is 0 Å². The highest BCUT2D eigenvalue weighted by molar-refractivity contribution is 6.03. The van der Waals surface area contributed by atoms with Crippen molar-refractivity contribution in [3.05, 3.63) is 58.1 Å². The van der Waals surface area contributed by atoms with Gasteiger partial charge >= 0.3 is 0 Å². The molecule has 0 spiro atoms. The van der Waals surface area contributed by atoms with Crippen molar-refractivity contribution in [1.29, 1.82) is 0 Å². The summed E-state index contributed by atoms with van der Waals surface area (Å²) in [4.78, 5) is 29.3. The second-order valence-electron chi connectivity index (χ2n) is 3.61. The van der Waals surface area contributed by atoms with Crippen LogP contribution in [0.2, 0.25) is 0 Å². The normalized spacial score (nSPS) is 9.94. The number of hydrogen-bond donors (Lipinski definition) is 2. The number of aromatic nitrogens is 2. The molecule has 2 aromatic rings. The molecule has 0 aliphatic carbocycles. The van der Waals surface area contributed by atoms with E-state index in [1.807, 2.05) is 13.0 Å². The minimum Gasteiger partial charge on any atom is -0.329 e. The standard InChI is InChI=1S/C12H11N3O2/c1-8-2-4-13-10(6-8)15-12(17)9-3-5-14-11(16)7-9/h2-7H,1H3,(H,14,16)(H,13,15,17). The molecule has 0 saturated carbocycles. The van der Waals surface area contributed by atoms with Crippen molar-refractivity contribution >= 4 is 11.7 Å². The summed E-state index contributed by atoms with van der Waals surface area (Å²) in [6.07, 6.45) is 3.05. The average Bonchev–Trinajstić information content (AvgIpc) is 2.29. The molecule has 86 valence electrons. The first-order valence-corrected chi connectivity index (χ1v) is 5.08. The number of anilines is 1. The molecule has 2 rings (SSSR count). The molecule has 0 aliphatic rings. The van der Waals surface area contributed by atoms with Gasteiger partial charge in [0.1, 0.15) is 5.82 Å². The van der Waals surface area contributed by atoms with Gasteiger partial charge in [0.15, 0.2) is 0 Å². The number of carbonyl (C=O) groups excluding carboxylic acids is 1. The lowest BCUT2D eigenvalue weighted by Crippen LogP contribution is -2.16. The van der Waals surface area contributed by atoms with Gasteiger partial charge in [0, 0.05) is 24.0 Å². The lowest BCUT2D eigenvalue weighted by Gasteiger charge is -2.04. The number of amides is 1. The molecule has 0 aromatic carbocycles. The van der Waals surface area contributed by atoms with Crippen molar-refractivity contribution < 1.29 is 4.79 Å². The van der Waals surface area contributed by atoms with Gasteiger partial charge in [-0.25, -0.2) is 4.98 Å². The molecule has 0 unspecified atom stereocenters. The third kappa shape index (κ3) is 2.78. The maximum absolute atomic E-state index is 11.8. The number of rotatable bonds is 2. The van der Waals surface area contributed by atoms with Crippen LogP contribution >= 0.6 is 0 Å². The average molecular weight is 229 g/mol. The van der Waals surface area contributed by atoms with Gasteiger partial charge in [0.25, 0.3) is 5.91 Å². The third-order valence-electron chi connectivity index (χ3n) is 2.19. The van der Waals surface area contributed by atoms with Crippen molar-refractivity contribution in [2.75, 3.05) is 5.32 Å². The highest BCUT2D eigenvalue weighted by atomic mass is 16.2. The van der Waals surface area contributed by atoms with Crippen LogP contribution in [-0.4, -0.2) is 15.9 Å². The molecule has 0 radical (unpaired) electrons. The molecule has 2 heterocycles. The van der Waals surface area contributed by atoms with E-state index in [0.29, 0.717) is 11.4 Å². The predicted molar refractivity (Wildman–Crippen MR) is 64.0 cm³/mol. The van der Waals surface area contributed by atoms with Gasteiger partial charge in [-0.05, 0) is 30.7 Å². The van der Waals surface area contributed by atoms with E-state index in [1.54, 1.807) is 12.3 Å². The molecule has 2 N–H and O–H groups in total. The quantitative estimate of drug-likeness (QED) is 0.815. The summed E-state index contributed by atoms with van der Waals surface area (Å²) >= 11 is 0. The number of carbonyl (C=O) groups is 1. The van der Waals surface area contributed by atoms with E-state index < -0.39 is 0 Å². The van der Waals surface area contributed by atoms with Crippen molar-refractivity contribution in [3.63, 3.8) is 0 Å². The topological polar surface area (TPSA) is 74.8 Å². The first-order chi connectivity index (χ1) is 8.15. The highest BCUT2D eigenvalue weighted by Gasteiger charge is 2.06. The van der Waals surface area contributed by atoms with Crippen LogP contribution in [0.5, 0.6) is 0 Å². The minimum absolute atomic E-state index is 0.303. The molecular formula is C12H11N3O2. The Balaban J connectivity index is 2.20. The van der Waals surface area contributed by atoms with E-state index in [1.165, 1.54) is 18.3 Å². The molecule has 5 heteroatoms. The monoisotopic (exact) mass is 229 g/mol. The van der Waals surface area contributed by atoms with Crippen molar-refractivity contribution in [3.8, 4) is 0 Å². The maximum atomic E-state index is 11.8. The molecule has 1 amide bonds. The highest BCUT2D eigenvalue weighted by Crippen LogP contribution is 2.07. The lowest BCUT2D eigenvalue weighted by atomic mass is 10.2. The summed E-state index contributed by atoms with van der Waals surface area (Å²) in [6.45, 7) is 1.91. The molecule has 0 aliphatic heterocycles. The number of nitrogens with zero attached hydrogens (tertiary/aromatic N) is 1. The van der Waals surface area contributed by atoms with Gasteiger partial charge < -0.3 is 10.3 Å². The van der Waals surface area contributed by atoms with Crippen LogP contribution in [0.15, 0.2) is 41.5 Å². The second kappa shape index (κ2) is 4.61. The number of H-pyrrole nitrogens is 1. The van der Waals surface area contributed by atoms with E-state index in [0.717, 1.165) is 5.56 Å². The van der Waals surface area contributed by atoms with E-state index in [-0.39, 0.29) is 11.5 Å². The summed E-state index contributed by atoms with van der Waals surface area (Å²) in [5.41, 5.74) is 0.994. The zero-order valence-corrected chi connectivity index (χ0v) is 9.23. The Morgan fingerprint density at radius 3 is 2.88 bits per heavy atom. The van der Waals surface area contributed by atoms with E-state index >= 15 is 0 Å². The maximum Gasteiger partial charge on any atom is 0.257 e. The first kappa shape index (κ1) is 11.1. The summed E-state index contributed by atoms with van der Waals surface area (Å²) in [6, 6.07) is 6.37. The first-order valence-electron chi connectivity index (χ1n) is 5.08. The molecular weight excluding hydrogens is 218 g/mol. The number of nitrogens with one attached hydrogen (secondary N) is 2. The Morgan fingerprint density at radius 1 is 1.35 bits per heavy atom. The van der Waals surface area contributed by atoms with Crippen LogP contribution in [0, 0.1) is 6.92 Å². The van der Waals surface area contributed by atoms with E-state index in [4.69, 9.17) is 0 Å². The largest absolute Gasteiger partial charge is 0.329 e. The van der Waals surface area contributed by atoms with Crippen molar-refractivity contribution in [1.82, 2.24) is 9.97 Å². The van der Waals surface area contributed by atoms with Crippen LogP contribution in [-0.2, 0) is 0 Å². The Kier molecular flexibility index (Phi) is 3.00. The zero-order valence-electron chi connectivity index (χ0n) is 9.23. The third-order valence-corrected chi connectivity index (χ3v) is 2.19. The molecule has 5 nitrogen and oxygen atoms in total. The van der Waals surface area contributed by atoms with Crippen molar-refractivity contribution in [2.24, 2.45) is 0 Å². The Bertz CT molecular complexity index is 604. The summed E-state index contributed by atoms with van der Waals surface area (Å²) < 4.78 is 0. The van der Waals surface area contributed by atoms with Gasteiger partial charge in [-0.2, -0.15) is 0 Å². The molecule has 0 fully saturated rings. The number of hydrogen-bond acceptors (Lipinski definition) is 3. The van der Waals surface area contributed by atoms with Crippen LogP contribution in [0.4, 0.5) is 5.82 Å². The van der Waals surface area contributed by atoms with E-state index in [2.05, 4.69) is 15.3 Å². The van der Waals surface area contributed by atoms with Gasteiger partial charge in [0.2, 0.25) is 5.56 Å². The minimum atomic E-state index is -0.353. The Hall–Kier alpha value is -2.43. The van der Waals surface area contributed by atoms with Gasteiger partial charge in [-0.3, -0.25) is 9.59 Å². The van der Waals surface area contributed by atoms with Gasteiger partial charge in [0.05, 0.1) is 0 Å². The van der Waals surface area contributed by atoms with E-state index in [9.17, 15) is 9.59 Å². The van der Waals surface area contributed by atoms with Gasteiger partial charge in [-0.1, -0.05) is 0 Å². The Morgan fingerprint density at radius 2 is 2.18 bits per heavy atom. The predicted octanol–water partition coefficient (Wildman–Crippen LogP) is 1.33. The zero-order chi connectivity index (χ0) is 12.3. The van der Waals surface area contributed by atoms with Crippen molar-refractivity contribution in [2.45, 2.75) is 6.92 Å². The molecule has 17 heavy (non-hydrogen) atoms. The molecule has 0 atom stereocenters. The number of aromatic amines is 1. The number of pyridine rings is 2. The molecule has 0 saturated heterocycles. The smallest absolute Gasteiger partial charge is 0.257 e. The summed E-state index contributed by atoms with van der Waals surface area (Å²) in [5, 5.41) is 2.62. The Labute approximate surface area is 97.5 Å². The van der Waals surface area contributed by atoms with Gasteiger partial charge in [-0.15, -0.1) is 0 Å². The number of aryl methyl sites for hydroxylation is 1. The fourth-order valence-electron chi connectivity index (χ4n) is 1.38. The SMILES string of the molecule is Cc1ccnc(NC(=O)c2cc[nH]c(=O)c2)c1. The molecule has 0 bridgehead atoms. The fraction of sp³-hybridized carbons (Fsp3) is 0.0833. The summed E-state index contributed by atoms with van der Waals surface area (Å²) in [7, 11) is 0. The van der Waals surface area contributed by atoms with Crippen LogP contribution in [0.3, 0.4) is 0 Å². The lowest BCUT2D eigenvalue weighted by molar-refractivity contribution is 0.102. The second-order valence-corrected chi connectivity index (χ2v) is 3.61. The summed E-state index contributed by atoms with van der Waals surface area (Å²) in [5.74, 6) is 0.115. The molecule has 2 aromatic heterocycles. The fourth-order valence-corrected chi connectivity index (χ4v) is 1.38.